The maximum atomic E-state index is 2.36. The van der Waals surface area contributed by atoms with Crippen LogP contribution < -0.4 is 5.22 Å². The summed E-state index contributed by atoms with van der Waals surface area (Å²) in [6, 6.07) is 28.9. The van der Waals surface area contributed by atoms with E-state index in [1.54, 1.807) is 0 Å². The van der Waals surface area contributed by atoms with E-state index in [9.17, 15) is 0 Å². The van der Waals surface area contributed by atoms with Gasteiger partial charge in [0.1, 0.15) is 0 Å². The van der Waals surface area contributed by atoms with Gasteiger partial charge in [0.05, 0.1) is 0 Å². The molecule has 0 heteroatoms. The van der Waals surface area contributed by atoms with E-state index < -0.39 is 0 Å². The van der Waals surface area contributed by atoms with Crippen LogP contribution in [0.25, 0.3) is 49.5 Å². The quantitative estimate of drug-likeness (QED) is 0.339. The first-order valence-electron chi connectivity index (χ1n) is 8.37. The predicted molar refractivity (Wildman–Crippen MR) is 103 cm³/mol. The van der Waals surface area contributed by atoms with Crippen molar-refractivity contribution < 1.29 is 0 Å². The van der Waals surface area contributed by atoms with Gasteiger partial charge in [-0.3, -0.25) is 0 Å². The van der Waals surface area contributed by atoms with Gasteiger partial charge in [0, 0.05) is 0 Å². The van der Waals surface area contributed by atoms with Gasteiger partial charge in [-0.05, 0) is 78.5 Å². The van der Waals surface area contributed by atoms with Gasteiger partial charge in [0.25, 0.3) is 0 Å². The maximum Gasteiger partial charge on any atom is -0.00324 e. The first kappa shape index (κ1) is 12.3. The Morgan fingerprint density at radius 2 is 1.17 bits per heavy atom. The Balaban J connectivity index is 1.83. The highest BCUT2D eigenvalue weighted by molar-refractivity contribution is 6.14. The van der Waals surface area contributed by atoms with Crippen molar-refractivity contribution in [3.8, 4) is 11.1 Å². The zero-order valence-electron chi connectivity index (χ0n) is 13.1. The summed E-state index contributed by atoms with van der Waals surface area (Å²) in [6.07, 6.45) is 2.36. The van der Waals surface area contributed by atoms with Crippen molar-refractivity contribution in [3.05, 3.63) is 89.6 Å². The van der Waals surface area contributed by atoms with E-state index in [-0.39, 0.29) is 0 Å². The van der Waals surface area contributed by atoms with Crippen molar-refractivity contribution in [2.75, 3.05) is 0 Å². The van der Waals surface area contributed by atoms with Crippen LogP contribution >= 0.6 is 0 Å². The number of fused-ring (bicyclic) bond motifs is 5. The Morgan fingerprint density at radius 1 is 0.500 bits per heavy atom. The Labute approximate surface area is 139 Å². The van der Waals surface area contributed by atoms with E-state index >= 15 is 0 Å². The molecule has 1 aliphatic rings. The predicted octanol–water partition coefficient (Wildman–Crippen LogP) is 5.67. The number of hydrogen-bond donors (Lipinski definition) is 0. The second-order valence-electron chi connectivity index (χ2n) is 6.65. The molecule has 1 aliphatic carbocycles. The fourth-order valence-corrected chi connectivity index (χ4v) is 4.24. The molecule has 0 N–H and O–H groups in total. The first-order chi connectivity index (χ1) is 11.9. The van der Waals surface area contributed by atoms with Crippen LogP contribution in [0.2, 0.25) is 0 Å². The molecule has 0 saturated heterocycles. The van der Waals surface area contributed by atoms with E-state index in [0.29, 0.717) is 0 Å². The Kier molecular flexibility index (Phi) is 2.18. The molecule has 0 nitrogen and oxygen atoms in total. The van der Waals surface area contributed by atoms with Crippen LogP contribution in [-0.2, 0) is 0 Å². The Hall–Kier alpha value is -3.12. The van der Waals surface area contributed by atoms with Crippen LogP contribution in [0, 0.1) is 0 Å². The molecule has 24 heavy (non-hydrogen) atoms. The molecular weight excluding hydrogens is 288 g/mol. The smallest absolute Gasteiger partial charge is 0.00324 e. The third-order valence-corrected chi connectivity index (χ3v) is 5.32. The van der Waals surface area contributed by atoms with Gasteiger partial charge in [-0.2, -0.15) is 0 Å². The highest BCUT2D eigenvalue weighted by atomic mass is 14.2. The fraction of sp³-hybridized carbons (Fsp3) is 0. The van der Waals surface area contributed by atoms with Gasteiger partial charge in [-0.25, -0.2) is 0 Å². The van der Waals surface area contributed by atoms with E-state index in [1.807, 2.05) is 0 Å². The van der Waals surface area contributed by atoms with Crippen LogP contribution in [0.1, 0.15) is 5.56 Å². The van der Waals surface area contributed by atoms with E-state index in [4.69, 9.17) is 0 Å². The lowest BCUT2D eigenvalue weighted by Gasteiger charge is -2.09. The van der Waals surface area contributed by atoms with E-state index in [0.717, 1.165) is 0 Å². The van der Waals surface area contributed by atoms with E-state index in [1.165, 1.54) is 54.2 Å². The average Bonchev–Trinajstić information content (AvgIpc) is 2.98. The van der Waals surface area contributed by atoms with Crippen molar-refractivity contribution >= 4 is 38.4 Å². The van der Waals surface area contributed by atoms with Crippen LogP contribution in [0.4, 0.5) is 0 Å². The lowest BCUT2D eigenvalue weighted by atomic mass is 9.94. The lowest BCUT2D eigenvalue weighted by Crippen LogP contribution is -2.03. The fourth-order valence-electron chi connectivity index (χ4n) is 4.24. The third-order valence-electron chi connectivity index (χ3n) is 5.32. The average molecular weight is 302 g/mol. The molecule has 0 saturated carbocycles. The first-order valence-corrected chi connectivity index (χ1v) is 8.37. The van der Waals surface area contributed by atoms with Crippen molar-refractivity contribution in [1.82, 2.24) is 0 Å². The summed E-state index contributed by atoms with van der Waals surface area (Å²) < 4.78 is 0. The normalized spacial score (nSPS) is 12.5. The molecule has 0 fully saturated rings. The molecule has 0 unspecified atom stereocenters. The largest absolute Gasteiger partial charge is 0.0616 e. The number of rotatable bonds is 0. The summed E-state index contributed by atoms with van der Waals surface area (Å²) in [5, 5.41) is 9.38. The van der Waals surface area contributed by atoms with Gasteiger partial charge in [0.2, 0.25) is 0 Å². The van der Waals surface area contributed by atoms with Crippen LogP contribution in [0.15, 0.2) is 78.9 Å². The van der Waals surface area contributed by atoms with E-state index in [2.05, 4.69) is 84.9 Å². The molecule has 5 aromatic carbocycles. The molecule has 0 aromatic heterocycles. The van der Waals surface area contributed by atoms with Crippen molar-refractivity contribution in [3.63, 3.8) is 0 Å². The SMILES string of the molecule is C1=c2c(cc3cccc4cccc2c43)-c2cc3ccccc3cc21. The molecule has 0 amide bonds. The molecule has 0 radical (unpaired) electrons. The third kappa shape index (κ3) is 1.48. The summed E-state index contributed by atoms with van der Waals surface area (Å²) in [5.41, 5.74) is 4.05. The minimum atomic E-state index is 1.31. The summed E-state index contributed by atoms with van der Waals surface area (Å²) in [6.45, 7) is 0. The molecular formula is C24H14. The molecule has 0 atom stereocenters. The molecule has 5 aromatic rings. The van der Waals surface area contributed by atoms with Gasteiger partial charge >= 0.3 is 0 Å². The molecule has 0 spiro atoms. The Bertz CT molecular complexity index is 1330. The molecule has 110 valence electrons. The molecule has 0 bridgehead atoms. The minimum absolute atomic E-state index is 1.31. The zero-order valence-corrected chi connectivity index (χ0v) is 13.1. The van der Waals surface area contributed by atoms with Crippen LogP contribution in [0.3, 0.4) is 0 Å². The van der Waals surface area contributed by atoms with Crippen molar-refractivity contribution in [2.24, 2.45) is 0 Å². The highest BCUT2D eigenvalue weighted by Crippen LogP contribution is 2.35. The van der Waals surface area contributed by atoms with Gasteiger partial charge in [-0.15, -0.1) is 0 Å². The molecule has 0 heterocycles. The van der Waals surface area contributed by atoms with Gasteiger partial charge < -0.3 is 0 Å². The summed E-state index contributed by atoms with van der Waals surface area (Å²) in [7, 11) is 0. The lowest BCUT2D eigenvalue weighted by molar-refractivity contribution is 1.68. The molecule has 6 rings (SSSR count). The van der Waals surface area contributed by atoms with Crippen LogP contribution in [-0.4, -0.2) is 0 Å². The Morgan fingerprint density at radius 3 is 2.04 bits per heavy atom. The molecule has 0 aliphatic heterocycles. The monoisotopic (exact) mass is 302 g/mol. The van der Waals surface area contributed by atoms with Crippen molar-refractivity contribution in [1.29, 1.82) is 0 Å². The van der Waals surface area contributed by atoms with Gasteiger partial charge in [-0.1, -0.05) is 60.7 Å². The standard InChI is InChI=1S/C24H14/c1-2-6-17-12-21-19(11-16(17)5-1)14-22-20-10-4-8-15-7-3-9-18(24(15)20)13-23(21)22/h1-14H. The zero-order chi connectivity index (χ0) is 15.7. The highest BCUT2D eigenvalue weighted by Gasteiger charge is 2.16. The summed E-state index contributed by atoms with van der Waals surface area (Å²) in [4.78, 5) is 0. The minimum Gasteiger partial charge on any atom is -0.0616 e. The topological polar surface area (TPSA) is 0 Å². The van der Waals surface area contributed by atoms with Gasteiger partial charge in [0.15, 0.2) is 0 Å². The maximum absolute atomic E-state index is 2.36. The summed E-state index contributed by atoms with van der Waals surface area (Å²) in [5.74, 6) is 0. The number of benzene rings is 5. The summed E-state index contributed by atoms with van der Waals surface area (Å²) >= 11 is 0. The second kappa shape index (κ2) is 4.24. The second-order valence-corrected chi connectivity index (χ2v) is 6.65. The number of hydrogen-bond acceptors (Lipinski definition) is 0. The van der Waals surface area contributed by atoms with Crippen molar-refractivity contribution in [2.45, 2.75) is 0 Å². The van der Waals surface area contributed by atoms with Crippen LogP contribution in [0.5, 0.6) is 0 Å².